The van der Waals surface area contributed by atoms with Crippen LogP contribution in [0.2, 0.25) is 0 Å². The van der Waals surface area contributed by atoms with Gasteiger partial charge in [0.1, 0.15) is 5.54 Å². The zero-order valence-electron chi connectivity index (χ0n) is 9.03. The summed E-state index contributed by atoms with van der Waals surface area (Å²) in [5.74, 6) is -0.721. The molecule has 0 radical (unpaired) electrons. The Labute approximate surface area is 84.5 Å². The number of carboxylic acids is 1. The lowest BCUT2D eigenvalue weighted by molar-refractivity contribution is -0.157. The summed E-state index contributed by atoms with van der Waals surface area (Å²) >= 11 is 0. The molecular weight excluding hydrogens is 180 g/mol. The van der Waals surface area contributed by atoms with E-state index in [9.17, 15) is 4.79 Å². The van der Waals surface area contributed by atoms with Crippen molar-refractivity contribution in [3.8, 4) is 0 Å². The summed E-state index contributed by atoms with van der Waals surface area (Å²) in [6, 6.07) is 1.15. The third kappa shape index (κ3) is 1.25. The molecule has 80 valence electrons. The van der Waals surface area contributed by atoms with Gasteiger partial charge in [-0.15, -0.1) is 0 Å². The number of likely N-dealkylation sites (N-methyl/N-ethyl adjacent to an activating group) is 1. The Morgan fingerprint density at radius 1 is 1.36 bits per heavy atom. The first-order chi connectivity index (χ1) is 6.43. The summed E-state index contributed by atoms with van der Waals surface area (Å²) in [6.07, 6.45) is 1.24. The fourth-order valence-corrected chi connectivity index (χ4v) is 2.39. The molecule has 3 heterocycles. The molecule has 3 aliphatic rings. The van der Waals surface area contributed by atoms with Gasteiger partial charge in [0.25, 0.3) is 0 Å². The van der Waals surface area contributed by atoms with Crippen LogP contribution in [0.3, 0.4) is 0 Å². The van der Waals surface area contributed by atoms with Crippen LogP contribution in [0.5, 0.6) is 0 Å². The predicted octanol–water partition coefficient (Wildman–Crippen LogP) is 0.238. The van der Waals surface area contributed by atoms with Gasteiger partial charge in [-0.2, -0.15) is 0 Å². The van der Waals surface area contributed by atoms with Crippen LogP contribution in [0.15, 0.2) is 0 Å². The highest BCUT2D eigenvalue weighted by molar-refractivity contribution is 5.77. The smallest absolute Gasteiger partial charge is 0.323 e. The monoisotopic (exact) mass is 198 g/mol. The van der Waals surface area contributed by atoms with E-state index in [1.54, 1.807) is 13.8 Å². The molecule has 3 aliphatic heterocycles. The van der Waals surface area contributed by atoms with Crippen LogP contribution in [0.1, 0.15) is 20.3 Å². The highest BCUT2D eigenvalue weighted by atomic mass is 16.4. The van der Waals surface area contributed by atoms with E-state index >= 15 is 0 Å². The lowest BCUT2D eigenvalue weighted by Gasteiger charge is -2.57. The molecule has 0 aromatic carbocycles. The van der Waals surface area contributed by atoms with Gasteiger partial charge in [-0.1, -0.05) is 0 Å². The minimum Gasteiger partial charge on any atom is -0.480 e. The van der Waals surface area contributed by atoms with Gasteiger partial charge in [0.2, 0.25) is 0 Å². The summed E-state index contributed by atoms with van der Waals surface area (Å²) in [7, 11) is 2.13. The normalized spacial score (nSPS) is 33.9. The molecule has 3 rings (SSSR count). The first-order valence-electron chi connectivity index (χ1n) is 5.13. The minimum absolute atomic E-state index is 0.576. The van der Waals surface area contributed by atoms with Gasteiger partial charge in [-0.05, 0) is 27.3 Å². The Kier molecular flexibility index (Phi) is 2.08. The maximum Gasteiger partial charge on any atom is 0.323 e. The number of hydrogen-bond acceptors (Lipinski definition) is 3. The van der Waals surface area contributed by atoms with Crippen molar-refractivity contribution >= 4 is 5.97 Å². The number of piperazine rings is 1. The molecular formula is C10H18N2O2. The molecule has 0 aromatic rings. The minimum atomic E-state index is -0.721. The average Bonchev–Trinajstić information content (AvgIpc) is 2.17. The van der Waals surface area contributed by atoms with Gasteiger partial charge in [0.05, 0.1) is 0 Å². The molecule has 2 unspecified atom stereocenters. The quantitative estimate of drug-likeness (QED) is 0.690. The zero-order valence-corrected chi connectivity index (χ0v) is 9.03. The third-order valence-corrected chi connectivity index (χ3v) is 3.87. The number of rotatable bonds is 2. The van der Waals surface area contributed by atoms with Gasteiger partial charge in [0.15, 0.2) is 0 Å². The molecule has 0 aromatic heterocycles. The highest BCUT2D eigenvalue weighted by Crippen LogP contribution is 2.33. The van der Waals surface area contributed by atoms with Crippen LogP contribution in [-0.2, 0) is 4.79 Å². The summed E-state index contributed by atoms with van der Waals surface area (Å²) in [6.45, 7) is 5.37. The van der Waals surface area contributed by atoms with Crippen LogP contribution in [0, 0.1) is 0 Å². The standard InChI is InChI=1S/C10H18N2O2/c1-10(2,9(13)14)12-5-7-4-8(6-12)11(7)3/h7-8H,4-6H2,1-3H3,(H,13,14). The topological polar surface area (TPSA) is 43.8 Å². The molecule has 0 aliphatic carbocycles. The number of fused-ring (bicyclic) bond motifs is 2. The summed E-state index contributed by atoms with van der Waals surface area (Å²) in [4.78, 5) is 15.5. The predicted molar refractivity (Wildman–Crippen MR) is 53.2 cm³/mol. The molecule has 4 nitrogen and oxygen atoms in total. The molecule has 3 saturated heterocycles. The lowest BCUT2D eigenvalue weighted by atomic mass is 9.85. The Morgan fingerprint density at radius 3 is 2.21 bits per heavy atom. The van der Waals surface area contributed by atoms with Crippen molar-refractivity contribution in [1.29, 1.82) is 0 Å². The van der Waals surface area contributed by atoms with Crippen molar-refractivity contribution in [1.82, 2.24) is 9.80 Å². The van der Waals surface area contributed by atoms with Crippen LogP contribution in [-0.4, -0.2) is 58.6 Å². The molecule has 14 heavy (non-hydrogen) atoms. The lowest BCUT2D eigenvalue weighted by Crippen LogP contribution is -2.71. The van der Waals surface area contributed by atoms with Crippen molar-refractivity contribution in [2.75, 3.05) is 20.1 Å². The molecule has 3 fully saturated rings. The number of aliphatic carboxylic acids is 1. The van der Waals surface area contributed by atoms with Crippen molar-refractivity contribution < 1.29 is 9.90 Å². The van der Waals surface area contributed by atoms with Crippen LogP contribution in [0.4, 0.5) is 0 Å². The summed E-state index contributed by atoms with van der Waals surface area (Å²) in [5.41, 5.74) is -0.710. The van der Waals surface area contributed by atoms with Crippen LogP contribution < -0.4 is 0 Å². The van der Waals surface area contributed by atoms with E-state index in [4.69, 9.17) is 5.11 Å². The summed E-state index contributed by atoms with van der Waals surface area (Å²) < 4.78 is 0. The molecule has 0 amide bonds. The second-order valence-corrected chi connectivity index (χ2v) is 4.98. The molecule has 0 spiro atoms. The Bertz CT molecular complexity index is 253. The van der Waals surface area contributed by atoms with E-state index < -0.39 is 11.5 Å². The number of carboxylic acid groups (broad SMARTS) is 1. The van der Waals surface area contributed by atoms with Crippen LogP contribution >= 0.6 is 0 Å². The number of hydrogen-bond donors (Lipinski definition) is 1. The van der Waals surface area contributed by atoms with Crippen molar-refractivity contribution in [3.63, 3.8) is 0 Å². The SMILES string of the molecule is CN1C2CC1CN(C(C)(C)C(=O)O)C2. The van der Waals surface area contributed by atoms with Gasteiger partial charge < -0.3 is 5.11 Å². The molecule has 4 heteroatoms. The first kappa shape index (κ1) is 9.93. The second kappa shape index (κ2) is 2.94. The molecule has 0 saturated carbocycles. The maximum atomic E-state index is 11.1. The number of carbonyl (C=O) groups is 1. The Morgan fingerprint density at radius 2 is 1.86 bits per heavy atom. The van der Waals surface area contributed by atoms with Crippen LogP contribution in [0.25, 0.3) is 0 Å². The number of piperidine rings is 1. The van der Waals surface area contributed by atoms with Gasteiger partial charge in [-0.3, -0.25) is 14.6 Å². The van der Waals surface area contributed by atoms with Gasteiger partial charge in [-0.25, -0.2) is 0 Å². The maximum absolute atomic E-state index is 11.1. The molecule has 2 atom stereocenters. The summed E-state index contributed by atoms with van der Waals surface area (Å²) in [5, 5.41) is 9.11. The largest absolute Gasteiger partial charge is 0.480 e. The first-order valence-corrected chi connectivity index (χ1v) is 5.13. The van der Waals surface area contributed by atoms with Gasteiger partial charge in [0, 0.05) is 25.2 Å². The van der Waals surface area contributed by atoms with E-state index in [1.165, 1.54) is 6.42 Å². The fourth-order valence-electron chi connectivity index (χ4n) is 2.39. The molecule has 1 N–H and O–H groups in total. The van der Waals surface area contributed by atoms with Crippen molar-refractivity contribution in [3.05, 3.63) is 0 Å². The molecule has 2 bridgehead atoms. The van der Waals surface area contributed by atoms with E-state index in [-0.39, 0.29) is 0 Å². The average molecular weight is 198 g/mol. The van der Waals surface area contributed by atoms with Crippen molar-refractivity contribution in [2.24, 2.45) is 0 Å². The van der Waals surface area contributed by atoms with Crippen molar-refractivity contribution in [2.45, 2.75) is 37.9 Å². The highest BCUT2D eigenvalue weighted by Gasteiger charge is 2.47. The zero-order chi connectivity index (χ0) is 10.5. The fraction of sp³-hybridized carbons (Fsp3) is 0.900. The van der Waals surface area contributed by atoms with E-state index in [0.29, 0.717) is 12.1 Å². The Balaban J connectivity index is 2.05. The number of nitrogens with zero attached hydrogens (tertiary/aromatic N) is 2. The Hall–Kier alpha value is -0.610. The third-order valence-electron chi connectivity index (χ3n) is 3.87. The van der Waals surface area contributed by atoms with E-state index in [1.807, 2.05) is 0 Å². The van der Waals surface area contributed by atoms with E-state index in [2.05, 4.69) is 16.8 Å². The second-order valence-electron chi connectivity index (χ2n) is 4.98. The van der Waals surface area contributed by atoms with E-state index in [0.717, 1.165) is 13.1 Å². The van der Waals surface area contributed by atoms with Gasteiger partial charge >= 0.3 is 5.97 Å².